The maximum Gasteiger partial charge on any atom is 0.317 e. The van der Waals surface area contributed by atoms with E-state index in [2.05, 4.69) is 22.3 Å². The molecule has 0 aromatic heterocycles. The molecule has 0 aliphatic carbocycles. The van der Waals surface area contributed by atoms with Gasteiger partial charge in [0.1, 0.15) is 0 Å². The molecule has 9 heteroatoms. The second kappa shape index (κ2) is 17.1. The van der Waals surface area contributed by atoms with Crippen molar-refractivity contribution in [1.29, 1.82) is 0 Å². The van der Waals surface area contributed by atoms with Crippen molar-refractivity contribution in [3.63, 3.8) is 0 Å². The minimum atomic E-state index is -3.80. The smallest absolute Gasteiger partial charge is 0.317 e. The number of carbonyl (C=O) groups excluding carboxylic acids is 1. The fourth-order valence-electron chi connectivity index (χ4n) is 5.57. The van der Waals surface area contributed by atoms with Crippen molar-refractivity contribution in [1.82, 2.24) is 19.4 Å². The molecule has 8 nitrogen and oxygen atoms in total. The number of hydrogen-bond acceptors (Lipinski definition) is 5. The highest BCUT2D eigenvalue weighted by Crippen LogP contribution is 2.22. The van der Waals surface area contributed by atoms with Gasteiger partial charge in [0.25, 0.3) is 0 Å². The lowest BCUT2D eigenvalue weighted by Gasteiger charge is -2.28. The highest BCUT2D eigenvalue weighted by atomic mass is 32.2. The molecule has 1 heterocycles. The first kappa shape index (κ1) is 33.3. The fourth-order valence-corrected chi connectivity index (χ4v) is 6.99. The van der Waals surface area contributed by atoms with E-state index in [1.165, 1.54) is 9.87 Å². The first-order valence-corrected chi connectivity index (χ1v) is 17.4. The number of ether oxygens (including phenoxy) is 1. The van der Waals surface area contributed by atoms with Crippen LogP contribution in [-0.4, -0.2) is 74.5 Å². The van der Waals surface area contributed by atoms with E-state index in [1.807, 2.05) is 95.9 Å². The number of nitrogens with zero attached hydrogens (tertiary/aromatic N) is 3. The Hall–Kier alpha value is -4.02. The number of sulfonamides is 1. The summed E-state index contributed by atoms with van der Waals surface area (Å²) in [6, 6.07) is 36.2. The summed E-state index contributed by atoms with van der Waals surface area (Å²) in [6.45, 7) is 6.25. The van der Waals surface area contributed by atoms with E-state index < -0.39 is 10.0 Å². The van der Waals surface area contributed by atoms with Crippen LogP contribution < -0.4 is 5.32 Å². The monoisotopic (exact) mass is 640 g/mol. The van der Waals surface area contributed by atoms with Crippen LogP contribution in [0.4, 0.5) is 4.79 Å². The zero-order chi connectivity index (χ0) is 32.0. The molecule has 242 valence electrons. The third-order valence-electron chi connectivity index (χ3n) is 8.16. The van der Waals surface area contributed by atoms with Crippen molar-refractivity contribution < 1.29 is 17.9 Å². The Morgan fingerprint density at radius 2 is 1.22 bits per heavy atom. The number of carbonyl (C=O) groups is 1. The second-order valence-electron chi connectivity index (χ2n) is 11.6. The van der Waals surface area contributed by atoms with Crippen molar-refractivity contribution in [3.8, 4) is 0 Å². The first-order valence-electron chi connectivity index (χ1n) is 16.0. The number of nitrogens with one attached hydrogen (secondary N) is 1. The van der Waals surface area contributed by atoms with Crippen molar-refractivity contribution >= 4 is 16.1 Å². The molecule has 1 fully saturated rings. The molecule has 5 rings (SSSR count). The molecule has 1 aliphatic heterocycles. The van der Waals surface area contributed by atoms with Crippen molar-refractivity contribution in [2.24, 2.45) is 0 Å². The summed E-state index contributed by atoms with van der Waals surface area (Å²) in [4.78, 5) is 17.8. The van der Waals surface area contributed by atoms with Gasteiger partial charge in [0.15, 0.2) is 0 Å². The van der Waals surface area contributed by atoms with Crippen molar-refractivity contribution in [2.75, 3.05) is 45.9 Å². The molecule has 1 saturated heterocycles. The van der Waals surface area contributed by atoms with Gasteiger partial charge in [-0.3, -0.25) is 4.90 Å². The van der Waals surface area contributed by atoms with Crippen LogP contribution in [0.2, 0.25) is 0 Å². The Bertz CT molecular complexity index is 1540. The molecule has 1 N–H and O–H groups in total. The Morgan fingerprint density at radius 1 is 0.696 bits per heavy atom. The van der Waals surface area contributed by atoms with E-state index in [0.717, 1.165) is 62.4 Å². The van der Waals surface area contributed by atoms with Crippen LogP contribution in [0.3, 0.4) is 0 Å². The Morgan fingerprint density at radius 3 is 1.78 bits per heavy atom. The number of hydrogen-bond donors (Lipinski definition) is 1. The van der Waals surface area contributed by atoms with Crippen LogP contribution in [-0.2, 0) is 40.8 Å². The minimum absolute atomic E-state index is 0.119. The SMILES string of the molecule is O=C(NCCc1ccccc1)N(CCCN1CCOCC1)Cc1ccc(S(=O)(=O)N(Cc2ccccc2)Cc2ccccc2)cc1. The number of benzene rings is 4. The van der Waals surface area contributed by atoms with Crippen LogP contribution in [0.5, 0.6) is 0 Å². The molecule has 0 atom stereocenters. The molecule has 46 heavy (non-hydrogen) atoms. The largest absolute Gasteiger partial charge is 0.379 e. The normalized spacial score (nSPS) is 13.8. The summed E-state index contributed by atoms with van der Waals surface area (Å²) in [5.74, 6) is 0. The number of amides is 2. The van der Waals surface area contributed by atoms with E-state index >= 15 is 0 Å². The first-order chi connectivity index (χ1) is 22.5. The molecule has 0 radical (unpaired) electrons. The Kier molecular flexibility index (Phi) is 12.4. The van der Waals surface area contributed by atoms with Crippen molar-refractivity contribution in [3.05, 3.63) is 138 Å². The predicted molar refractivity (Wildman–Crippen MR) is 182 cm³/mol. The number of urea groups is 1. The summed E-state index contributed by atoms with van der Waals surface area (Å²) in [5, 5.41) is 3.09. The number of morpholine rings is 1. The third kappa shape index (κ3) is 9.99. The third-order valence-corrected chi connectivity index (χ3v) is 9.97. The van der Waals surface area contributed by atoms with Gasteiger partial charge in [-0.15, -0.1) is 0 Å². The standard InChI is InChI=1S/C37H44N4O4S/c42-37(38-22-21-32-11-4-1-5-12-32)40(24-10-23-39-25-27-45-28-26-39)29-35-17-19-36(20-18-35)46(43,44)41(30-33-13-6-2-7-14-33)31-34-15-8-3-9-16-34/h1-9,11-20H,10,21-31H2,(H,38,42). The van der Waals surface area contributed by atoms with Crippen LogP contribution in [0.1, 0.15) is 28.7 Å². The van der Waals surface area contributed by atoms with Gasteiger partial charge in [-0.25, -0.2) is 13.2 Å². The van der Waals surface area contributed by atoms with Crippen LogP contribution in [0.15, 0.2) is 120 Å². The molecule has 1 aliphatic rings. The molecule has 2 amide bonds. The lowest BCUT2D eigenvalue weighted by atomic mass is 10.1. The average Bonchev–Trinajstić information content (AvgIpc) is 3.09. The van der Waals surface area contributed by atoms with Gasteiger partial charge in [-0.05, 0) is 47.2 Å². The van der Waals surface area contributed by atoms with Crippen LogP contribution in [0.25, 0.3) is 0 Å². The highest BCUT2D eigenvalue weighted by Gasteiger charge is 2.25. The molecule has 0 spiro atoms. The average molecular weight is 641 g/mol. The van der Waals surface area contributed by atoms with Gasteiger partial charge >= 0.3 is 6.03 Å². The van der Waals surface area contributed by atoms with E-state index in [9.17, 15) is 13.2 Å². The van der Waals surface area contributed by atoms with E-state index in [-0.39, 0.29) is 24.0 Å². The zero-order valence-corrected chi connectivity index (χ0v) is 27.2. The molecule has 4 aromatic carbocycles. The molecular formula is C37H44N4O4S. The Balaban J connectivity index is 1.27. The van der Waals surface area contributed by atoms with E-state index in [0.29, 0.717) is 19.6 Å². The predicted octanol–water partition coefficient (Wildman–Crippen LogP) is 5.55. The lowest BCUT2D eigenvalue weighted by Crippen LogP contribution is -2.42. The van der Waals surface area contributed by atoms with Gasteiger partial charge in [-0.2, -0.15) is 4.31 Å². The van der Waals surface area contributed by atoms with Gasteiger partial charge < -0.3 is 15.0 Å². The quantitative estimate of drug-likeness (QED) is 0.184. The summed E-state index contributed by atoms with van der Waals surface area (Å²) in [7, 11) is -3.80. The van der Waals surface area contributed by atoms with Gasteiger partial charge in [0.2, 0.25) is 10.0 Å². The van der Waals surface area contributed by atoms with E-state index in [1.54, 1.807) is 12.1 Å². The topological polar surface area (TPSA) is 82.2 Å². The molecule has 0 saturated carbocycles. The maximum absolute atomic E-state index is 13.9. The summed E-state index contributed by atoms with van der Waals surface area (Å²) in [6.07, 6.45) is 1.59. The van der Waals surface area contributed by atoms with Gasteiger partial charge in [-0.1, -0.05) is 103 Å². The second-order valence-corrected chi connectivity index (χ2v) is 13.5. The van der Waals surface area contributed by atoms with Gasteiger partial charge in [0.05, 0.1) is 18.1 Å². The minimum Gasteiger partial charge on any atom is -0.379 e. The highest BCUT2D eigenvalue weighted by molar-refractivity contribution is 7.89. The number of rotatable bonds is 15. The zero-order valence-electron chi connectivity index (χ0n) is 26.3. The fraction of sp³-hybridized carbons (Fsp3) is 0.324. The van der Waals surface area contributed by atoms with Crippen LogP contribution >= 0.6 is 0 Å². The summed E-state index contributed by atoms with van der Waals surface area (Å²) < 4.78 is 34.9. The molecule has 0 unspecified atom stereocenters. The Labute approximate surface area is 273 Å². The summed E-state index contributed by atoms with van der Waals surface area (Å²) in [5.41, 5.74) is 3.89. The van der Waals surface area contributed by atoms with Gasteiger partial charge in [0, 0.05) is 52.4 Å². The van der Waals surface area contributed by atoms with Crippen LogP contribution in [0, 0.1) is 0 Å². The summed E-state index contributed by atoms with van der Waals surface area (Å²) >= 11 is 0. The van der Waals surface area contributed by atoms with Crippen molar-refractivity contribution in [2.45, 2.75) is 37.4 Å². The van der Waals surface area contributed by atoms with E-state index in [4.69, 9.17) is 4.74 Å². The molecule has 0 bridgehead atoms. The molecular weight excluding hydrogens is 596 g/mol. The lowest BCUT2D eigenvalue weighted by molar-refractivity contribution is 0.0364. The maximum atomic E-state index is 13.9. The molecule has 4 aromatic rings.